The first-order valence-electron chi connectivity index (χ1n) is 6.49. The predicted octanol–water partition coefficient (Wildman–Crippen LogP) is 3.24. The third-order valence-corrected chi connectivity index (χ3v) is 4.76. The quantitative estimate of drug-likeness (QED) is 0.930. The summed E-state index contributed by atoms with van der Waals surface area (Å²) in [5.41, 5.74) is 2.23. The van der Waals surface area contributed by atoms with E-state index < -0.39 is 5.97 Å². The number of hydrogen-bond acceptors (Lipinski definition) is 3. The van der Waals surface area contributed by atoms with E-state index in [1.807, 2.05) is 30.3 Å². The Morgan fingerprint density at radius 2 is 2.11 bits per heavy atom. The Morgan fingerprint density at radius 3 is 2.79 bits per heavy atom. The van der Waals surface area contributed by atoms with Crippen LogP contribution in [0.15, 0.2) is 30.3 Å². The number of hydrogen-bond donors (Lipinski definition) is 1. The van der Waals surface area contributed by atoms with Crippen molar-refractivity contribution in [2.45, 2.75) is 31.6 Å². The van der Waals surface area contributed by atoms with Gasteiger partial charge < -0.3 is 5.11 Å². The molecule has 1 N–H and O–H groups in total. The minimum atomic E-state index is -0.774. The molecule has 3 rings (SSSR count). The van der Waals surface area contributed by atoms with E-state index in [0.717, 1.165) is 23.4 Å². The average molecular weight is 273 g/mol. The van der Waals surface area contributed by atoms with Crippen molar-refractivity contribution < 1.29 is 9.90 Å². The Hall–Kier alpha value is -1.68. The van der Waals surface area contributed by atoms with Crippen LogP contribution in [0.2, 0.25) is 0 Å². The smallest absolute Gasteiger partial charge is 0.304 e. The molecule has 98 valence electrons. The van der Waals surface area contributed by atoms with E-state index in [1.165, 1.54) is 17.0 Å². The van der Waals surface area contributed by atoms with E-state index in [0.29, 0.717) is 0 Å². The van der Waals surface area contributed by atoms with Crippen LogP contribution in [0.3, 0.4) is 0 Å². The molecule has 4 heteroatoms. The molecule has 1 aromatic carbocycles. The van der Waals surface area contributed by atoms with Crippen LogP contribution < -0.4 is 0 Å². The number of carbonyl (C=O) groups is 1. The molecule has 1 unspecified atom stereocenters. The number of aliphatic carboxylic acids is 1. The summed E-state index contributed by atoms with van der Waals surface area (Å²) < 4.78 is 0. The molecule has 0 saturated heterocycles. The summed E-state index contributed by atoms with van der Waals surface area (Å²) in [4.78, 5) is 17.1. The fourth-order valence-electron chi connectivity index (χ4n) is 2.57. The van der Waals surface area contributed by atoms with Crippen molar-refractivity contribution in [2.75, 3.05) is 0 Å². The lowest BCUT2D eigenvalue weighted by Gasteiger charge is -2.12. The Labute approximate surface area is 115 Å². The van der Waals surface area contributed by atoms with Gasteiger partial charge in [-0.15, -0.1) is 11.3 Å². The number of fused-ring (bicyclic) bond motifs is 1. The third-order valence-electron chi connectivity index (χ3n) is 3.49. The fourth-order valence-corrected chi connectivity index (χ4v) is 3.85. The number of aromatic nitrogens is 1. The first-order valence-corrected chi connectivity index (χ1v) is 7.31. The normalized spacial score (nSPS) is 15.2. The van der Waals surface area contributed by atoms with Crippen molar-refractivity contribution in [3.8, 4) is 0 Å². The van der Waals surface area contributed by atoms with Crippen LogP contribution in [0.25, 0.3) is 0 Å². The number of rotatable bonds is 4. The van der Waals surface area contributed by atoms with Gasteiger partial charge in [-0.1, -0.05) is 30.3 Å². The largest absolute Gasteiger partial charge is 0.481 e. The molecule has 0 spiro atoms. The minimum absolute atomic E-state index is 0.108. The van der Waals surface area contributed by atoms with E-state index >= 15 is 0 Å². The summed E-state index contributed by atoms with van der Waals surface area (Å²) in [6.07, 6.45) is 3.43. The molecule has 0 radical (unpaired) electrons. The molecular formula is C15H15NO2S. The summed E-state index contributed by atoms with van der Waals surface area (Å²) in [6.45, 7) is 0. The molecule has 2 aromatic rings. The van der Waals surface area contributed by atoms with Crippen molar-refractivity contribution in [1.29, 1.82) is 0 Å². The molecule has 0 aliphatic heterocycles. The van der Waals surface area contributed by atoms with E-state index in [2.05, 4.69) is 4.98 Å². The Balaban J connectivity index is 1.96. The summed E-state index contributed by atoms with van der Waals surface area (Å²) in [5, 5.41) is 10.1. The Bertz CT molecular complexity index is 570. The Morgan fingerprint density at radius 1 is 1.32 bits per heavy atom. The highest BCUT2D eigenvalue weighted by molar-refractivity contribution is 7.11. The van der Waals surface area contributed by atoms with Gasteiger partial charge >= 0.3 is 5.97 Å². The highest BCUT2D eigenvalue weighted by atomic mass is 32.1. The molecule has 1 aromatic heterocycles. The second-order valence-corrected chi connectivity index (χ2v) is 5.95. The molecule has 1 aliphatic rings. The summed E-state index contributed by atoms with van der Waals surface area (Å²) in [7, 11) is 0. The molecule has 0 fully saturated rings. The number of carboxylic acids is 1. The van der Waals surface area contributed by atoms with Crippen LogP contribution in [0, 0.1) is 0 Å². The first kappa shape index (κ1) is 12.4. The lowest BCUT2D eigenvalue weighted by atomic mass is 9.96. The Kier molecular flexibility index (Phi) is 3.34. The zero-order valence-electron chi connectivity index (χ0n) is 10.5. The highest BCUT2D eigenvalue weighted by Crippen LogP contribution is 2.36. The topological polar surface area (TPSA) is 50.2 Å². The van der Waals surface area contributed by atoms with Crippen LogP contribution in [0.5, 0.6) is 0 Å². The molecule has 0 saturated carbocycles. The van der Waals surface area contributed by atoms with Gasteiger partial charge in [-0.05, 0) is 24.8 Å². The average Bonchev–Trinajstić information content (AvgIpc) is 2.97. The number of aryl methyl sites for hydroxylation is 2. The van der Waals surface area contributed by atoms with E-state index in [4.69, 9.17) is 5.11 Å². The maximum absolute atomic E-state index is 11.1. The van der Waals surface area contributed by atoms with Crippen molar-refractivity contribution in [3.05, 3.63) is 51.5 Å². The molecular weight excluding hydrogens is 258 g/mol. The molecule has 19 heavy (non-hydrogen) atoms. The van der Waals surface area contributed by atoms with Crippen LogP contribution in [-0.2, 0) is 17.6 Å². The van der Waals surface area contributed by atoms with Gasteiger partial charge in [0.15, 0.2) is 0 Å². The molecule has 0 amide bonds. The van der Waals surface area contributed by atoms with Crippen molar-refractivity contribution in [1.82, 2.24) is 4.98 Å². The van der Waals surface area contributed by atoms with Crippen molar-refractivity contribution in [2.24, 2.45) is 0 Å². The van der Waals surface area contributed by atoms with E-state index in [9.17, 15) is 4.79 Å². The van der Waals surface area contributed by atoms with Gasteiger partial charge in [0.25, 0.3) is 0 Å². The lowest BCUT2D eigenvalue weighted by molar-refractivity contribution is -0.137. The van der Waals surface area contributed by atoms with Gasteiger partial charge in [0.2, 0.25) is 0 Å². The van der Waals surface area contributed by atoms with Gasteiger partial charge in [-0.3, -0.25) is 4.79 Å². The zero-order chi connectivity index (χ0) is 13.2. The van der Waals surface area contributed by atoms with Gasteiger partial charge in [-0.25, -0.2) is 4.98 Å². The molecule has 3 nitrogen and oxygen atoms in total. The molecule has 1 atom stereocenters. The summed E-state index contributed by atoms with van der Waals surface area (Å²) in [5.74, 6) is -0.890. The first-order chi connectivity index (χ1) is 9.24. The van der Waals surface area contributed by atoms with Gasteiger partial charge in [0.05, 0.1) is 12.1 Å². The molecule has 0 bridgehead atoms. The predicted molar refractivity (Wildman–Crippen MR) is 74.7 cm³/mol. The number of thiazole rings is 1. The van der Waals surface area contributed by atoms with Gasteiger partial charge in [0.1, 0.15) is 5.01 Å². The summed E-state index contributed by atoms with van der Waals surface area (Å²) in [6, 6.07) is 9.82. The standard InChI is InChI=1S/C15H15NO2S/c17-14(18)9-11(10-5-2-1-3-6-10)15-16-12-7-4-8-13(12)19-15/h1-3,5-6,11H,4,7-9H2,(H,17,18). The SMILES string of the molecule is O=C(O)CC(c1ccccc1)c1nc2c(s1)CCC2. The number of carboxylic acid groups (broad SMARTS) is 1. The third kappa shape index (κ3) is 2.54. The second-order valence-electron chi connectivity index (χ2n) is 4.84. The maximum Gasteiger partial charge on any atom is 0.304 e. The van der Waals surface area contributed by atoms with Crippen LogP contribution in [0.4, 0.5) is 0 Å². The zero-order valence-corrected chi connectivity index (χ0v) is 11.3. The number of nitrogens with zero attached hydrogens (tertiary/aromatic N) is 1. The fraction of sp³-hybridized carbons (Fsp3) is 0.333. The molecule has 1 aliphatic carbocycles. The number of benzene rings is 1. The summed E-state index contributed by atoms with van der Waals surface area (Å²) >= 11 is 1.69. The van der Waals surface area contributed by atoms with Gasteiger partial charge in [0, 0.05) is 10.8 Å². The second kappa shape index (κ2) is 5.13. The molecule has 1 heterocycles. The van der Waals surface area contributed by atoms with E-state index in [-0.39, 0.29) is 12.3 Å². The lowest BCUT2D eigenvalue weighted by Crippen LogP contribution is -2.08. The maximum atomic E-state index is 11.1. The van der Waals surface area contributed by atoms with Crippen LogP contribution in [-0.4, -0.2) is 16.1 Å². The van der Waals surface area contributed by atoms with Gasteiger partial charge in [-0.2, -0.15) is 0 Å². The van der Waals surface area contributed by atoms with Crippen LogP contribution >= 0.6 is 11.3 Å². The van der Waals surface area contributed by atoms with E-state index in [1.54, 1.807) is 11.3 Å². The van der Waals surface area contributed by atoms with Crippen molar-refractivity contribution in [3.63, 3.8) is 0 Å². The monoisotopic (exact) mass is 273 g/mol. The van der Waals surface area contributed by atoms with Crippen LogP contribution in [0.1, 0.15) is 39.9 Å². The van der Waals surface area contributed by atoms with Crippen molar-refractivity contribution >= 4 is 17.3 Å². The minimum Gasteiger partial charge on any atom is -0.481 e. The highest BCUT2D eigenvalue weighted by Gasteiger charge is 2.24.